The zero-order valence-corrected chi connectivity index (χ0v) is 8.16. The lowest BCUT2D eigenvalue weighted by Gasteiger charge is -2.14. The van der Waals surface area contributed by atoms with Gasteiger partial charge in [-0.25, -0.2) is 9.18 Å². The highest BCUT2D eigenvalue weighted by atomic mass is 19.1. The molecule has 0 fully saturated rings. The maximum atomic E-state index is 12.9. The molecule has 0 bridgehead atoms. The highest BCUT2D eigenvalue weighted by molar-refractivity contribution is 5.72. The summed E-state index contributed by atoms with van der Waals surface area (Å²) in [7, 11) is 0. The maximum Gasteiger partial charge on any atom is 0.312 e. The normalized spacial score (nSPS) is 23.1. The number of nitrogens with one attached hydrogen (secondary N) is 1. The number of carbonyl (C=O) groups excluding carboxylic acids is 1. The van der Waals surface area contributed by atoms with Crippen molar-refractivity contribution < 1.29 is 13.9 Å². The molecule has 4 nitrogen and oxygen atoms in total. The molecule has 1 aromatic carbocycles. The molecule has 80 valence electrons. The molecule has 1 aliphatic rings. The fraction of sp³-hybridized carbons (Fsp3) is 0.300. The van der Waals surface area contributed by atoms with Gasteiger partial charge in [0.05, 0.1) is 6.04 Å². The predicted molar refractivity (Wildman–Crippen MR) is 52.0 cm³/mol. The number of fused-ring (bicyclic) bond motifs is 1. The number of ether oxygens (including phenoxy) is 1. The summed E-state index contributed by atoms with van der Waals surface area (Å²) in [5.41, 5.74) is 5.79. The zero-order valence-electron chi connectivity index (χ0n) is 8.16. The summed E-state index contributed by atoms with van der Waals surface area (Å²) in [6, 6.07) is 3.30. The molecule has 2 unspecified atom stereocenters. The van der Waals surface area contributed by atoms with Crippen LogP contribution in [0.5, 0.6) is 5.75 Å². The van der Waals surface area contributed by atoms with Gasteiger partial charge in [-0.15, -0.1) is 0 Å². The second-order valence-corrected chi connectivity index (χ2v) is 3.49. The summed E-state index contributed by atoms with van der Waals surface area (Å²) in [5.74, 6) is 0.0990. The highest BCUT2D eigenvalue weighted by Crippen LogP contribution is 2.36. The van der Waals surface area contributed by atoms with E-state index in [2.05, 4.69) is 5.32 Å². The van der Waals surface area contributed by atoms with Crippen LogP contribution in [0.4, 0.5) is 9.18 Å². The van der Waals surface area contributed by atoms with E-state index in [0.29, 0.717) is 5.75 Å². The summed E-state index contributed by atoms with van der Waals surface area (Å²) in [6.07, 6.45) is -0.241. The van der Waals surface area contributed by atoms with E-state index < -0.39 is 6.03 Å². The Morgan fingerprint density at radius 2 is 2.33 bits per heavy atom. The van der Waals surface area contributed by atoms with Gasteiger partial charge in [0, 0.05) is 11.6 Å². The molecule has 2 amide bonds. The molecule has 3 N–H and O–H groups in total. The van der Waals surface area contributed by atoms with Crippen LogP contribution in [0.15, 0.2) is 18.2 Å². The Hall–Kier alpha value is -1.78. The predicted octanol–water partition coefficient (Wildman–Crippen LogP) is 1.32. The van der Waals surface area contributed by atoms with Gasteiger partial charge in [0.15, 0.2) is 0 Å². The number of primary amides is 1. The SMILES string of the molecule is CC1Oc2cc(F)ccc2C1NC(N)=O. The molecule has 1 aliphatic heterocycles. The van der Waals surface area contributed by atoms with Gasteiger partial charge in [-0.1, -0.05) is 6.07 Å². The molecule has 2 rings (SSSR count). The van der Waals surface area contributed by atoms with Gasteiger partial charge in [-0.05, 0) is 13.0 Å². The minimum atomic E-state index is -0.618. The topological polar surface area (TPSA) is 64.3 Å². The third-order valence-corrected chi connectivity index (χ3v) is 2.39. The molecular weight excluding hydrogens is 199 g/mol. The van der Waals surface area contributed by atoms with Crippen LogP contribution in [0, 0.1) is 5.82 Å². The molecule has 5 heteroatoms. The van der Waals surface area contributed by atoms with Crippen LogP contribution in [-0.2, 0) is 0 Å². The number of hydrogen-bond donors (Lipinski definition) is 2. The molecule has 1 heterocycles. The number of nitrogens with two attached hydrogens (primary N) is 1. The number of carbonyl (C=O) groups is 1. The van der Waals surface area contributed by atoms with E-state index in [-0.39, 0.29) is 18.0 Å². The number of urea groups is 1. The van der Waals surface area contributed by atoms with E-state index in [0.717, 1.165) is 5.56 Å². The first-order chi connectivity index (χ1) is 7.08. The Balaban J connectivity index is 2.33. The summed E-state index contributed by atoms with van der Waals surface area (Å²) in [5, 5.41) is 2.56. The molecule has 0 aromatic heterocycles. The summed E-state index contributed by atoms with van der Waals surface area (Å²) < 4.78 is 18.3. The number of halogens is 1. The summed E-state index contributed by atoms with van der Waals surface area (Å²) in [4.78, 5) is 10.8. The van der Waals surface area contributed by atoms with Crippen molar-refractivity contribution in [3.8, 4) is 5.75 Å². The van der Waals surface area contributed by atoms with Crippen molar-refractivity contribution >= 4 is 6.03 Å². The van der Waals surface area contributed by atoms with Gasteiger partial charge in [0.1, 0.15) is 17.7 Å². The van der Waals surface area contributed by atoms with Crippen LogP contribution >= 0.6 is 0 Å². The monoisotopic (exact) mass is 210 g/mol. The Labute approximate surface area is 86.2 Å². The Morgan fingerprint density at radius 3 is 3.00 bits per heavy atom. The molecular formula is C10H11FN2O2. The minimum Gasteiger partial charge on any atom is -0.488 e. The maximum absolute atomic E-state index is 12.9. The van der Waals surface area contributed by atoms with Crippen molar-refractivity contribution in [1.29, 1.82) is 0 Å². The van der Waals surface area contributed by atoms with Crippen LogP contribution < -0.4 is 15.8 Å². The van der Waals surface area contributed by atoms with Gasteiger partial charge in [-0.2, -0.15) is 0 Å². The molecule has 0 saturated heterocycles. The molecule has 2 atom stereocenters. The van der Waals surface area contributed by atoms with Crippen LogP contribution in [0.3, 0.4) is 0 Å². The van der Waals surface area contributed by atoms with Crippen LogP contribution in [0.25, 0.3) is 0 Å². The fourth-order valence-corrected chi connectivity index (χ4v) is 1.74. The fourth-order valence-electron chi connectivity index (χ4n) is 1.74. The Bertz CT molecular complexity index is 408. The molecule has 0 aliphatic carbocycles. The first kappa shape index (κ1) is 9.76. The first-order valence-corrected chi connectivity index (χ1v) is 4.60. The molecule has 0 saturated carbocycles. The number of hydrogen-bond acceptors (Lipinski definition) is 2. The van der Waals surface area contributed by atoms with Crippen molar-refractivity contribution in [2.45, 2.75) is 19.1 Å². The number of rotatable bonds is 1. The molecule has 15 heavy (non-hydrogen) atoms. The first-order valence-electron chi connectivity index (χ1n) is 4.60. The smallest absolute Gasteiger partial charge is 0.312 e. The lowest BCUT2D eigenvalue weighted by Crippen LogP contribution is -2.37. The number of amides is 2. The van der Waals surface area contributed by atoms with E-state index in [1.54, 1.807) is 13.0 Å². The lowest BCUT2D eigenvalue weighted by atomic mass is 10.0. The van der Waals surface area contributed by atoms with Crippen molar-refractivity contribution in [1.82, 2.24) is 5.32 Å². The Morgan fingerprint density at radius 1 is 1.60 bits per heavy atom. The van der Waals surface area contributed by atoms with Gasteiger partial charge in [0.25, 0.3) is 0 Å². The van der Waals surface area contributed by atoms with Crippen molar-refractivity contribution in [2.24, 2.45) is 5.73 Å². The standard InChI is InChI=1S/C10H11FN2O2/c1-5-9(13-10(12)14)7-3-2-6(11)4-8(7)15-5/h2-5,9H,1H3,(H3,12,13,14). The van der Waals surface area contributed by atoms with E-state index in [1.165, 1.54) is 12.1 Å². The Kier molecular flexibility index (Phi) is 2.22. The quantitative estimate of drug-likeness (QED) is 0.734. The summed E-state index contributed by atoms with van der Waals surface area (Å²) in [6.45, 7) is 1.79. The van der Waals surface area contributed by atoms with E-state index >= 15 is 0 Å². The van der Waals surface area contributed by atoms with Crippen molar-refractivity contribution in [2.75, 3.05) is 0 Å². The third kappa shape index (κ3) is 1.72. The van der Waals surface area contributed by atoms with E-state index in [9.17, 15) is 9.18 Å². The highest BCUT2D eigenvalue weighted by Gasteiger charge is 2.32. The van der Waals surface area contributed by atoms with E-state index in [1.807, 2.05) is 0 Å². The lowest BCUT2D eigenvalue weighted by molar-refractivity contribution is 0.203. The van der Waals surface area contributed by atoms with Gasteiger partial charge < -0.3 is 15.8 Å². The van der Waals surface area contributed by atoms with Crippen molar-refractivity contribution in [3.05, 3.63) is 29.6 Å². The average molecular weight is 210 g/mol. The van der Waals surface area contributed by atoms with Crippen molar-refractivity contribution in [3.63, 3.8) is 0 Å². The third-order valence-electron chi connectivity index (χ3n) is 2.39. The largest absolute Gasteiger partial charge is 0.488 e. The minimum absolute atomic E-state index is 0.241. The van der Waals surface area contributed by atoms with E-state index in [4.69, 9.17) is 10.5 Å². The number of benzene rings is 1. The van der Waals surface area contributed by atoms with Gasteiger partial charge >= 0.3 is 6.03 Å². The second-order valence-electron chi connectivity index (χ2n) is 3.49. The molecule has 1 aromatic rings. The average Bonchev–Trinajstić information content (AvgIpc) is 2.41. The van der Waals surface area contributed by atoms with Crippen LogP contribution in [0.1, 0.15) is 18.5 Å². The molecule has 0 radical (unpaired) electrons. The van der Waals surface area contributed by atoms with Gasteiger partial charge in [0.2, 0.25) is 0 Å². The second kappa shape index (κ2) is 3.42. The van der Waals surface area contributed by atoms with Crippen LogP contribution in [-0.4, -0.2) is 12.1 Å². The summed E-state index contributed by atoms with van der Waals surface area (Å²) >= 11 is 0. The molecule has 0 spiro atoms. The van der Waals surface area contributed by atoms with Crippen LogP contribution in [0.2, 0.25) is 0 Å². The zero-order chi connectivity index (χ0) is 11.0. The van der Waals surface area contributed by atoms with Gasteiger partial charge in [-0.3, -0.25) is 0 Å².